The lowest BCUT2D eigenvalue weighted by Gasteiger charge is -2.05. The molecular weight excluding hydrogens is 326 g/mol. The van der Waals surface area contributed by atoms with Gasteiger partial charge in [0.1, 0.15) is 17.4 Å². The van der Waals surface area contributed by atoms with E-state index in [0.717, 1.165) is 28.4 Å². The molecule has 0 fully saturated rings. The topological polar surface area (TPSA) is 115 Å². The molecular formula is C17H15N3O5. The summed E-state index contributed by atoms with van der Waals surface area (Å²) in [7, 11) is 1.64. The van der Waals surface area contributed by atoms with Crippen molar-refractivity contribution in [3.63, 3.8) is 0 Å². The molecule has 0 aliphatic carbocycles. The quantitative estimate of drug-likeness (QED) is 0.702. The molecule has 1 aromatic carbocycles. The Balaban J connectivity index is 0.000000326. The van der Waals surface area contributed by atoms with Gasteiger partial charge in [-0.25, -0.2) is 19.6 Å². The second-order valence-corrected chi connectivity index (χ2v) is 4.66. The molecule has 3 aromatic rings. The Kier molecular flexibility index (Phi) is 5.47. The monoisotopic (exact) mass is 341 g/mol. The highest BCUT2D eigenvalue weighted by atomic mass is 16.5. The number of carboxylic acids is 2. The number of hydrogen-bond acceptors (Lipinski definition) is 5. The van der Waals surface area contributed by atoms with Crippen LogP contribution >= 0.6 is 0 Å². The maximum Gasteiger partial charge on any atom is 0.414 e. The van der Waals surface area contributed by atoms with Crippen LogP contribution in [0.1, 0.15) is 5.82 Å². The molecule has 0 saturated carbocycles. The van der Waals surface area contributed by atoms with Crippen molar-refractivity contribution in [1.82, 2.24) is 14.5 Å². The third-order valence-corrected chi connectivity index (χ3v) is 3.13. The Morgan fingerprint density at radius 2 is 1.92 bits per heavy atom. The van der Waals surface area contributed by atoms with Gasteiger partial charge in [0.2, 0.25) is 0 Å². The van der Waals surface area contributed by atoms with Gasteiger partial charge < -0.3 is 14.9 Å². The second kappa shape index (κ2) is 7.73. The fraction of sp³-hybridized carbons (Fsp3) is 0.0588. The lowest BCUT2D eigenvalue weighted by molar-refractivity contribution is -0.159. The highest BCUT2D eigenvalue weighted by molar-refractivity contribution is 6.27. The molecule has 2 heterocycles. The Morgan fingerprint density at radius 1 is 1.20 bits per heavy atom. The zero-order valence-electron chi connectivity index (χ0n) is 13.3. The second-order valence-electron chi connectivity index (χ2n) is 4.66. The number of benzene rings is 1. The summed E-state index contributed by atoms with van der Waals surface area (Å²) >= 11 is 0. The van der Waals surface area contributed by atoms with E-state index in [4.69, 9.17) is 24.5 Å². The first-order valence-electron chi connectivity index (χ1n) is 7.04. The molecule has 0 bridgehead atoms. The predicted octanol–water partition coefficient (Wildman–Crippen LogP) is 2.23. The molecule has 0 spiro atoms. The predicted molar refractivity (Wildman–Crippen MR) is 90.8 cm³/mol. The summed E-state index contributed by atoms with van der Waals surface area (Å²) in [5.74, 6) is -1.27. The first-order chi connectivity index (χ1) is 12.0. The SMILES string of the molecule is C=Cc1nc2cc(OC)ccc2n1-c1ccccn1.O=C(O)C(=O)O. The highest BCUT2D eigenvalue weighted by Gasteiger charge is 2.11. The van der Waals surface area contributed by atoms with Gasteiger partial charge in [0, 0.05) is 12.3 Å². The van der Waals surface area contributed by atoms with Crippen LogP contribution in [0.15, 0.2) is 49.2 Å². The lowest BCUT2D eigenvalue weighted by Crippen LogP contribution is -2.09. The molecule has 25 heavy (non-hydrogen) atoms. The number of ether oxygens (including phenoxy) is 1. The number of carbonyl (C=O) groups is 2. The van der Waals surface area contributed by atoms with E-state index in [-0.39, 0.29) is 0 Å². The first-order valence-corrected chi connectivity index (χ1v) is 7.04. The van der Waals surface area contributed by atoms with Crippen LogP contribution in [0, 0.1) is 0 Å². The molecule has 2 aromatic heterocycles. The molecule has 3 rings (SSSR count). The van der Waals surface area contributed by atoms with E-state index in [2.05, 4.69) is 16.5 Å². The van der Waals surface area contributed by atoms with Gasteiger partial charge in [-0.05, 0) is 30.3 Å². The molecule has 8 nitrogen and oxygen atoms in total. The van der Waals surface area contributed by atoms with Crippen LogP contribution in [0.2, 0.25) is 0 Å². The number of pyridine rings is 1. The minimum absolute atomic E-state index is 0.766. The molecule has 0 amide bonds. The standard InChI is InChI=1S/C15H13N3O.C2H2O4/c1-3-14-17-12-10-11(19-2)7-8-13(12)18(14)15-6-4-5-9-16-15;3-1(4)2(5)6/h3-10H,1H2,2H3;(H,3,4)(H,5,6). The number of aromatic nitrogens is 3. The summed E-state index contributed by atoms with van der Waals surface area (Å²) in [5.41, 5.74) is 1.84. The van der Waals surface area contributed by atoms with Crippen LogP contribution in [0.5, 0.6) is 5.75 Å². The third kappa shape index (κ3) is 3.99. The van der Waals surface area contributed by atoms with Gasteiger partial charge in [-0.15, -0.1) is 0 Å². The number of nitrogens with zero attached hydrogens (tertiary/aromatic N) is 3. The summed E-state index contributed by atoms with van der Waals surface area (Å²) in [4.78, 5) is 27.1. The van der Waals surface area contributed by atoms with E-state index in [1.54, 1.807) is 19.4 Å². The number of hydrogen-bond donors (Lipinski definition) is 2. The van der Waals surface area contributed by atoms with Gasteiger partial charge in [0.25, 0.3) is 0 Å². The van der Waals surface area contributed by atoms with Crippen molar-refractivity contribution in [3.05, 3.63) is 55.0 Å². The molecule has 2 N–H and O–H groups in total. The van der Waals surface area contributed by atoms with Crippen molar-refractivity contribution in [2.24, 2.45) is 0 Å². The van der Waals surface area contributed by atoms with Crippen LogP contribution in [0.4, 0.5) is 0 Å². The van der Waals surface area contributed by atoms with E-state index in [9.17, 15) is 0 Å². The highest BCUT2D eigenvalue weighted by Crippen LogP contribution is 2.24. The molecule has 0 radical (unpaired) electrons. The van der Waals surface area contributed by atoms with Crippen LogP contribution in [0.3, 0.4) is 0 Å². The summed E-state index contributed by atoms with van der Waals surface area (Å²) < 4.78 is 7.19. The van der Waals surface area contributed by atoms with Crippen molar-refractivity contribution in [2.45, 2.75) is 0 Å². The summed E-state index contributed by atoms with van der Waals surface area (Å²) in [5, 5.41) is 14.8. The van der Waals surface area contributed by atoms with Gasteiger partial charge in [0.15, 0.2) is 0 Å². The van der Waals surface area contributed by atoms with Crippen LogP contribution in [-0.4, -0.2) is 43.8 Å². The minimum atomic E-state index is -1.82. The van der Waals surface area contributed by atoms with E-state index < -0.39 is 11.9 Å². The van der Waals surface area contributed by atoms with E-state index in [0.29, 0.717) is 0 Å². The molecule has 8 heteroatoms. The molecule has 128 valence electrons. The van der Waals surface area contributed by atoms with E-state index in [1.165, 1.54) is 0 Å². The number of aliphatic carboxylic acids is 2. The largest absolute Gasteiger partial charge is 0.497 e. The van der Waals surface area contributed by atoms with Crippen LogP contribution in [-0.2, 0) is 9.59 Å². The summed E-state index contributed by atoms with van der Waals surface area (Å²) in [6.07, 6.45) is 3.48. The minimum Gasteiger partial charge on any atom is -0.497 e. The molecule has 0 aliphatic rings. The first kappa shape index (κ1) is 17.7. The number of methoxy groups -OCH3 is 1. The number of imidazole rings is 1. The average molecular weight is 341 g/mol. The molecule has 0 aliphatic heterocycles. The third-order valence-electron chi connectivity index (χ3n) is 3.13. The molecule has 0 unspecified atom stereocenters. The van der Waals surface area contributed by atoms with Gasteiger partial charge in [-0.2, -0.15) is 0 Å². The molecule has 0 atom stereocenters. The van der Waals surface area contributed by atoms with Gasteiger partial charge in [-0.1, -0.05) is 12.6 Å². The van der Waals surface area contributed by atoms with Crippen LogP contribution in [0.25, 0.3) is 22.9 Å². The zero-order chi connectivity index (χ0) is 18.4. The maximum absolute atomic E-state index is 9.10. The number of rotatable bonds is 3. The maximum atomic E-state index is 9.10. The van der Waals surface area contributed by atoms with Gasteiger partial charge in [-0.3, -0.25) is 4.57 Å². The van der Waals surface area contributed by atoms with Gasteiger partial charge in [0.05, 0.1) is 18.1 Å². The van der Waals surface area contributed by atoms with Crippen molar-refractivity contribution < 1.29 is 24.5 Å². The van der Waals surface area contributed by atoms with E-state index >= 15 is 0 Å². The lowest BCUT2D eigenvalue weighted by atomic mass is 10.3. The fourth-order valence-electron chi connectivity index (χ4n) is 2.07. The van der Waals surface area contributed by atoms with Crippen molar-refractivity contribution in [1.29, 1.82) is 0 Å². The Bertz CT molecular complexity index is 907. The van der Waals surface area contributed by atoms with Crippen molar-refractivity contribution >= 4 is 29.0 Å². The van der Waals surface area contributed by atoms with Crippen molar-refractivity contribution in [2.75, 3.05) is 7.11 Å². The number of carboxylic acid groups (broad SMARTS) is 2. The Hall–Kier alpha value is -3.68. The normalized spacial score (nSPS) is 9.80. The zero-order valence-corrected chi connectivity index (χ0v) is 13.3. The van der Waals surface area contributed by atoms with Gasteiger partial charge >= 0.3 is 11.9 Å². The molecule has 0 saturated heterocycles. The fourth-order valence-corrected chi connectivity index (χ4v) is 2.07. The average Bonchev–Trinajstić information content (AvgIpc) is 3.00. The van der Waals surface area contributed by atoms with E-state index in [1.807, 2.05) is 41.0 Å². The number of fused-ring (bicyclic) bond motifs is 1. The van der Waals surface area contributed by atoms with Crippen LogP contribution < -0.4 is 4.74 Å². The summed E-state index contributed by atoms with van der Waals surface area (Å²) in [6.45, 7) is 3.81. The smallest absolute Gasteiger partial charge is 0.414 e. The van der Waals surface area contributed by atoms with Crippen molar-refractivity contribution in [3.8, 4) is 11.6 Å². The summed E-state index contributed by atoms with van der Waals surface area (Å²) in [6, 6.07) is 11.6. The Labute approximate surface area is 142 Å². The Morgan fingerprint density at radius 3 is 2.44 bits per heavy atom.